The topological polar surface area (TPSA) is 32.3 Å². The van der Waals surface area contributed by atoms with Crippen LogP contribution >= 0.6 is 0 Å². The molecule has 1 rings (SSSR count). The number of anilines is 1. The first-order valence-electron chi connectivity index (χ1n) is 7.22. The molecule has 0 saturated heterocycles. The van der Waals surface area contributed by atoms with Gasteiger partial charge in [0.25, 0.3) is 0 Å². The van der Waals surface area contributed by atoms with Crippen LogP contribution < -0.4 is 5.32 Å². The van der Waals surface area contributed by atoms with E-state index in [1.807, 2.05) is 18.2 Å². The molecule has 0 fully saturated rings. The van der Waals surface area contributed by atoms with E-state index in [1.54, 1.807) is 0 Å². The summed E-state index contributed by atoms with van der Waals surface area (Å²) in [6, 6.07) is 8.52. The minimum absolute atomic E-state index is 0.112. The van der Waals surface area contributed by atoms with E-state index >= 15 is 0 Å². The third kappa shape index (κ3) is 6.06. The summed E-state index contributed by atoms with van der Waals surface area (Å²) in [6.07, 6.45) is 7.89. The lowest BCUT2D eigenvalue weighted by Gasteiger charge is -2.15. The average Bonchev–Trinajstić information content (AvgIpc) is 2.38. The van der Waals surface area contributed by atoms with Crippen molar-refractivity contribution in [3.8, 4) is 0 Å². The van der Waals surface area contributed by atoms with Gasteiger partial charge in [-0.3, -0.25) is 0 Å². The fraction of sp³-hybridized carbons (Fsp3) is 0.625. The van der Waals surface area contributed by atoms with Crippen LogP contribution in [0.15, 0.2) is 24.3 Å². The molecule has 0 aromatic heterocycles. The zero-order valence-electron chi connectivity index (χ0n) is 11.8. The summed E-state index contributed by atoms with van der Waals surface area (Å²) < 4.78 is 0. The molecule has 1 aromatic carbocycles. The zero-order chi connectivity index (χ0) is 13.2. The van der Waals surface area contributed by atoms with Gasteiger partial charge in [0.1, 0.15) is 0 Å². The Hall–Kier alpha value is -1.02. The molecular weight excluding hydrogens is 222 g/mol. The van der Waals surface area contributed by atoms with Crippen molar-refractivity contribution in [1.29, 1.82) is 0 Å². The van der Waals surface area contributed by atoms with Gasteiger partial charge in [-0.1, -0.05) is 51.2 Å². The van der Waals surface area contributed by atoms with Crippen molar-refractivity contribution < 1.29 is 5.11 Å². The Morgan fingerprint density at radius 2 is 1.94 bits per heavy atom. The Kier molecular flexibility index (Phi) is 7.51. The maximum atomic E-state index is 9.09. The van der Waals surface area contributed by atoms with Gasteiger partial charge in [0.05, 0.1) is 6.61 Å². The Balaban J connectivity index is 2.24. The van der Waals surface area contributed by atoms with Gasteiger partial charge >= 0.3 is 0 Å². The van der Waals surface area contributed by atoms with E-state index in [0.717, 1.165) is 11.3 Å². The quantitative estimate of drug-likeness (QED) is 0.638. The molecule has 0 amide bonds. The van der Waals surface area contributed by atoms with E-state index in [2.05, 4.69) is 25.2 Å². The van der Waals surface area contributed by atoms with Crippen LogP contribution in [0.4, 0.5) is 5.69 Å². The molecule has 0 aliphatic rings. The molecular formula is C16H27NO. The maximum absolute atomic E-state index is 9.09. The third-order valence-corrected chi connectivity index (χ3v) is 3.26. The second-order valence-electron chi connectivity index (χ2n) is 5.11. The highest BCUT2D eigenvalue weighted by Gasteiger charge is 2.02. The number of rotatable bonds is 9. The fourth-order valence-electron chi connectivity index (χ4n) is 2.17. The second-order valence-corrected chi connectivity index (χ2v) is 5.11. The van der Waals surface area contributed by atoms with Crippen LogP contribution in [0.1, 0.15) is 57.9 Å². The van der Waals surface area contributed by atoms with E-state index in [4.69, 9.17) is 5.11 Å². The number of hydrogen-bond acceptors (Lipinski definition) is 2. The van der Waals surface area contributed by atoms with Crippen molar-refractivity contribution in [2.24, 2.45) is 0 Å². The van der Waals surface area contributed by atoms with Crippen LogP contribution in [0.5, 0.6) is 0 Å². The molecule has 0 radical (unpaired) electrons. The van der Waals surface area contributed by atoms with Gasteiger partial charge in [-0.2, -0.15) is 0 Å². The number of aliphatic hydroxyl groups excluding tert-OH is 1. The number of benzene rings is 1. The molecule has 2 heteroatoms. The first-order chi connectivity index (χ1) is 8.76. The van der Waals surface area contributed by atoms with E-state index < -0.39 is 0 Å². The Morgan fingerprint density at radius 3 is 2.67 bits per heavy atom. The Labute approximate surface area is 111 Å². The highest BCUT2D eigenvalue weighted by molar-refractivity contribution is 5.46. The highest BCUT2D eigenvalue weighted by Crippen LogP contribution is 2.14. The lowest BCUT2D eigenvalue weighted by atomic mass is 10.1. The second kappa shape index (κ2) is 8.98. The van der Waals surface area contributed by atoms with Gasteiger partial charge in [0, 0.05) is 11.7 Å². The standard InChI is InChI=1S/C16H27NO/c1-3-4-5-6-7-9-14(2)17-16-11-8-10-15(12-16)13-18/h8,10-12,14,17-18H,3-7,9,13H2,1-2H3. The van der Waals surface area contributed by atoms with Crippen LogP contribution in [0.25, 0.3) is 0 Å². The van der Waals surface area contributed by atoms with Crippen LogP contribution in [-0.4, -0.2) is 11.1 Å². The molecule has 18 heavy (non-hydrogen) atoms. The minimum Gasteiger partial charge on any atom is -0.392 e. The lowest BCUT2D eigenvalue weighted by molar-refractivity contribution is 0.282. The number of aliphatic hydroxyl groups is 1. The highest BCUT2D eigenvalue weighted by atomic mass is 16.3. The monoisotopic (exact) mass is 249 g/mol. The number of unbranched alkanes of at least 4 members (excludes halogenated alkanes) is 4. The van der Waals surface area contributed by atoms with E-state index in [0.29, 0.717) is 6.04 Å². The summed E-state index contributed by atoms with van der Waals surface area (Å²) >= 11 is 0. The summed E-state index contributed by atoms with van der Waals surface area (Å²) in [7, 11) is 0. The van der Waals surface area contributed by atoms with Gasteiger partial charge in [-0.25, -0.2) is 0 Å². The van der Waals surface area contributed by atoms with Crippen molar-refractivity contribution in [2.75, 3.05) is 5.32 Å². The molecule has 102 valence electrons. The van der Waals surface area contributed by atoms with Gasteiger partial charge in [-0.15, -0.1) is 0 Å². The summed E-state index contributed by atoms with van der Waals surface area (Å²) in [4.78, 5) is 0. The summed E-state index contributed by atoms with van der Waals surface area (Å²) in [6.45, 7) is 4.59. The first kappa shape index (κ1) is 15.0. The van der Waals surface area contributed by atoms with Crippen molar-refractivity contribution in [1.82, 2.24) is 0 Å². The van der Waals surface area contributed by atoms with Gasteiger partial charge in [-0.05, 0) is 31.0 Å². The van der Waals surface area contributed by atoms with Crippen LogP contribution in [0.3, 0.4) is 0 Å². The molecule has 0 saturated carbocycles. The van der Waals surface area contributed by atoms with Crippen molar-refractivity contribution in [2.45, 2.75) is 65.0 Å². The zero-order valence-corrected chi connectivity index (χ0v) is 11.8. The van der Waals surface area contributed by atoms with Crippen LogP contribution in [0.2, 0.25) is 0 Å². The number of nitrogens with one attached hydrogen (secondary N) is 1. The predicted octanol–water partition coefficient (Wildman–Crippen LogP) is 4.34. The molecule has 2 N–H and O–H groups in total. The van der Waals surface area contributed by atoms with Crippen molar-refractivity contribution >= 4 is 5.69 Å². The van der Waals surface area contributed by atoms with Crippen LogP contribution in [-0.2, 0) is 6.61 Å². The van der Waals surface area contributed by atoms with Gasteiger partial charge in [0.15, 0.2) is 0 Å². The molecule has 0 aliphatic heterocycles. The molecule has 0 bridgehead atoms. The molecule has 0 aliphatic carbocycles. The molecule has 1 aromatic rings. The number of hydrogen-bond donors (Lipinski definition) is 2. The largest absolute Gasteiger partial charge is 0.392 e. The molecule has 1 unspecified atom stereocenters. The average molecular weight is 249 g/mol. The first-order valence-corrected chi connectivity index (χ1v) is 7.22. The third-order valence-electron chi connectivity index (χ3n) is 3.26. The molecule has 2 nitrogen and oxygen atoms in total. The molecule has 0 spiro atoms. The van der Waals surface area contributed by atoms with Gasteiger partial charge in [0.2, 0.25) is 0 Å². The van der Waals surface area contributed by atoms with Gasteiger partial charge < -0.3 is 10.4 Å². The summed E-state index contributed by atoms with van der Waals surface area (Å²) in [5.41, 5.74) is 2.08. The maximum Gasteiger partial charge on any atom is 0.0682 e. The summed E-state index contributed by atoms with van der Waals surface area (Å²) in [5, 5.41) is 12.6. The lowest BCUT2D eigenvalue weighted by Crippen LogP contribution is -2.14. The Morgan fingerprint density at radius 1 is 1.17 bits per heavy atom. The van der Waals surface area contributed by atoms with Crippen molar-refractivity contribution in [3.63, 3.8) is 0 Å². The fourth-order valence-corrected chi connectivity index (χ4v) is 2.17. The smallest absolute Gasteiger partial charge is 0.0682 e. The van der Waals surface area contributed by atoms with Crippen LogP contribution in [0, 0.1) is 0 Å². The SMILES string of the molecule is CCCCCCCC(C)Nc1cccc(CO)c1. The van der Waals surface area contributed by atoms with E-state index in [-0.39, 0.29) is 6.61 Å². The Bertz CT molecular complexity index is 325. The normalized spacial score (nSPS) is 12.4. The van der Waals surface area contributed by atoms with E-state index in [1.165, 1.54) is 38.5 Å². The van der Waals surface area contributed by atoms with Crippen molar-refractivity contribution in [3.05, 3.63) is 29.8 Å². The van der Waals surface area contributed by atoms with E-state index in [9.17, 15) is 0 Å². The summed E-state index contributed by atoms with van der Waals surface area (Å²) in [5.74, 6) is 0. The minimum atomic E-state index is 0.112. The molecule has 0 heterocycles. The molecule has 1 atom stereocenters. The predicted molar refractivity (Wildman–Crippen MR) is 78.8 cm³/mol.